The van der Waals surface area contributed by atoms with Crippen molar-refractivity contribution in [2.24, 2.45) is 5.92 Å². The molecule has 0 radical (unpaired) electrons. The lowest BCUT2D eigenvalue weighted by molar-refractivity contribution is -0.122. The van der Waals surface area contributed by atoms with E-state index in [1.807, 2.05) is 11.4 Å². The minimum atomic E-state index is -0.226. The predicted molar refractivity (Wildman–Crippen MR) is 86.1 cm³/mol. The van der Waals surface area contributed by atoms with Gasteiger partial charge in [-0.15, -0.1) is 11.3 Å². The fourth-order valence-corrected chi connectivity index (χ4v) is 3.52. The van der Waals surface area contributed by atoms with Gasteiger partial charge in [0.25, 0.3) is 0 Å². The van der Waals surface area contributed by atoms with Crippen LogP contribution in [-0.4, -0.2) is 29.3 Å². The second-order valence-electron chi connectivity index (χ2n) is 5.75. The Morgan fingerprint density at radius 2 is 2.30 bits per heavy atom. The number of nitrogens with one attached hydrogen (secondary N) is 1. The third-order valence-electron chi connectivity index (χ3n) is 4.04. The van der Waals surface area contributed by atoms with E-state index in [-0.39, 0.29) is 17.9 Å². The first-order valence-electron chi connectivity index (χ1n) is 7.92. The molecule has 2 aromatic heterocycles. The molecule has 1 aliphatic heterocycles. The van der Waals surface area contributed by atoms with Crippen LogP contribution in [0.5, 0.6) is 0 Å². The van der Waals surface area contributed by atoms with E-state index < -0.39 is 0 Å². The highest BCUT2D eigenvalue weighted by Crippen LogP contribution is 2.29. The van der Waals surface area contributed by atoms with E-state index in [2.05, 4.69) is 21.5 Å². The average Bonchev–Trinajstić information content (AvgIpc) is 3.23. The summed E-state index contributed by atoms with van der Waals surface area (Å²) >= 11 is 1.67. The summed E-state index contributed by atoms with van der Waals surface area (Å²) in [5.41, 5.74) is 0. The van der Waals surface area contributed by atoms with E-state index in [9.17, 15) is 4.79 Å². The molecule has 1 saturated heterocycles. The maximum absolute atomic E-state index is 12.3. The van der Waals surface area contributed by atoms with Crippen LogP contribution < -0.4 is 5.32 Å². The molecule has 0 aromatic carbocycles. The van der Waals surface area contributed by atoms with Crippen molar-refractivity contribution in [3.05, 3.63) is 34.1 Å². The molecule has 7 heteroatoms. The highest BCUT2D eigenvalue weighted by atomic mass is 32.1. The summed E-state index contributed by atoms with van der Waals surface area (Å²) in [4.78, 5) is 17.9. The number of hydrogen-bond acceptors (Lipinski definition) is 6. The zero-order valence-electron chi connectivity index (χ0n) is 13.2. The smallest absolute Gasteiger partial charge is 0.249 e. The minimum absolute atomic E-state index is 0.0192. The molecule has 3 rings (SSSR count). The van der Waals surface area contributed by atoms with Gasteiger partial charge in [-0.3, -0.25) is 4.79 Å². The molecule has 0 saturated carbocycles. The van der Waals surface area contributed by atoms with Crippen LogP contribution in [0, 0.1) is 12.8 Å². The minimum Gasteiger partial charge on any atom is -0.381 e. The number of amides is 1. The number of hydrogen-bond donors (Lipinski definition) is 1. The summed E-state index contributed by atoms with van der Waals surface area (Å²) < 4.78 is 10.7. The zero-order valence-corrected chi connectivity index (χ0v) is 14.0. The standard InChI is InChI=1S/C16H21N3O3S/c1-11-17-16(22-19-11)15(12-6-8-21-9-7-12)18-14(20)5-4-13-3-2-10-23-13/h2-3,10,12,15H,4-9H2,1H3,(H,18,20). The van der Waals surface area contributed by atoms with Gasteiger partial charge in [0, 0.05) is 24.5 Å². The Morgan fingerprint density at radius 1 is 1.48 bits per heavy atom. The highest BCUT2D eigenvalue weighted by Gasteiger charge is 2.31. The maximum atomic E-state index is 12.3. The van der Waals surface area contributed by atoms with Crippen molar-refractivity contribution in [3.63, 3.8) is 0 Å². The van der Waals surface area contributed by atoms with Gasteiger partial charge in [0.15, 0.2) is 5.82 Å². The molecule has 0 aliphatic carbocycles. The molecule has 1 atom stereocenters. The summed E-state index contributed by atoms with van der Waals surface area (Å²) in [6.45, 7) is 3.20. The molecule has 2 aromatic rings. The van der Waals surface area contributed by atoms with Gasteiger partial charge in [-0.1, -0.05) is 11.2 Å². The Labute approximate surface area is 139 Å². The maximum Gasteiger partial charge on any atom is 0.249 e. The summed E-state index contributed by atoms with van der Waals surface area (Å²) in [5, 5.41) is 8.98. The van der Waals surface area contributed by atoms with Crippen LogP contribution in [-0.2, 0) is 16.0 Å². The lowest BCUT2D eigenvalue weighted by Gasteiger charge is -2.28. The molecule has 3 heterocycles. The number of nitrogens with zero attached hydrogens (tertiary/aromatic N) is 2. The van der Waals surface area contributed by atoms with E-state index in [1.165, 1.54) is 4.88 Å². The fraction of sp³-hybridized carbons (Fsp3) is 0.562. The number of rotatable bonds is 6. The van der Waals surface area contributed by atoms with Crippen LogP contribution in [0.25, 0.3) is 0 Å². The topological polar surface area (TPSA) is 77.2 Å². The zero-order chi connectivity index (χ0) is 16.1. The van der Waals surface area contributed by atoms with Gasteiger partial charge in [-0.2, -0.15) is 4.98 Å². The second kappa shape index (κ2) is 7.70. The van der Waals surface area contributed by atoms with E-state index in [1.54, 1.807) is 18.3 Å². The van der Waals surface area contributed by atoms with Crippen LogP contribution in [0.4, 0.5) is 0 Å². The van der Waals surface area contributed by atoms with E-state index in [0.29, 0.717) is 31.3 Å². The van der Waals surface area contributed by atoms with Crippen LogP contribution in [0.2, 0.25) is 0 Å². The second-order valence-corrected chi connectivity index (χ2v) is 6.79. The molecule has 0 spiro atoms. The van der Waals surface area contributed by atoms with Crippen molar-refractivity contribution in [3.8, 4) is 0 Å². The third-order valence-corrected chi connectivity index (χ3v) is 4.98. The van der Waals surface area contributed by atoms with Gasteiger partial charge in [-0.05, 0) is 43.6 Å². The molecule has 124 valence electrons. The lowest BCUT2D eigenvalue weighted by Crippen LogP contribution is -2.36. The molecule has 1 N–H and O–H groups in total. The monoisotopic (exact) mass is 335 g/mol. The first-order chi connectivity index (χ1) is 11.2. The number of carbonyl (C=O) groups is 1. The summed E-state index contributed by atoms with van der Waals surface area (Å²) in [6, 6.07) is 3.83. The normalized spacial score (nSPS) is 17.1. The largest absolute Gasteiger partial charge is 0.381 e. The quantitative estimate of drug-likeness (QED) is 0.878. The van der Waals surface area contributed by atoms with Crippen molar-refractivity contribution in [2.75, 3.05) is 13.2 Å². The number of aryl methyl sites for hydroxylation is 2. The molecule has 1 unspecified atom stereocenters. The lowest BCUT2D eigenvalue weighted by atomic mass is 9.91. The molecule has 23 heavy (non-hydrogen) atoms. The Bertz CT molecular complexity index is 620. The SMILES string of the molecule is Cc1noc(C(NC(=O)CCc2cccs2)C2CCOCC2)n1. The summed E-state index contributed by atoms with van der Waals surface area (Å²) in [5.74, 6) is 1.38. The summed E-state index contributed by atoms with van der Waals surface area (Å²) in [6.07, 6.45) is 2.99. The van der Waals surface area contributed by atoms with Crippen molar-refractivity contribution in [1.29, 1.82) is 0 Å². The number of ether oxygens (including phenoxy) is 1. The fourth-order valence-electron chi connectivity index (χ4n) is 2.81. The van der Waals surface area contributed by atoms with Gasteiger partial charge in [0.05, 0.1) is 0 Å². The molecule has 6 nitrogen and oxygen atoms in total. The number of aromatic nitrogens is 2. The molecular weight excluding hydrogens is 314 g/mol. The molecular formula is C16H21N3O3S. The van der Waals surface area contributed by atoms with Gasteiger partial charge in [-0.25, -0.2) is 0 Å². The van der Waals surface area contributed by atoms with Gasteiger partial charge in [0.2, 0.25) is 11.8 Å². The van der Waals surface area contributed by atoms with Crippen molar-refractivity contribution in [1.82, 2.24) is 15.5 Å². The Balaban J connectivity index is 1.64. The Morgan fingerprint density at radius 3 is 2.96 bits per heavy atom. The Kier molecular flexibility index (Phi) is 5.40. The van der Waals surface area contributed by atoms with Gasteiger partial charge in [0.1, 0.15) is 6.04 Å². The van der Waals surface area contributed by atoms with Crippen LogP contribution in [0.15, 0.2) is 22.0 Å². The number of thiophene rings is 1. The number of carbonyl (C=O) groups excluding carboxylic acids is 1. The van der Waals surface area contributed by atoms with Crippen molar-refractivity contribution in [2.45, 2.75) is 38.6 Å². The van der Waals surface area contributed by atoms with Crippen LogP contribution >= 0.6 is 11.3 Å². The first-order valence-corrected chi connectivity index (χ1v) is 8.80. The average molecular weight is 335 g/mol. The Hall–Kier alpha value is -1.73. The van der Waals surface area contributed by atoms with E-state index in [4.69, 9.17) is 9.26 Å². The van der Waals surface area contributed by atoms with Gasteiger partial charge >= 0.3 is 0 Å². The van der Waals surface area contributed by atoms with Crippen molar-refractivity contribution >= 4 is 17.2 Å². The van der Waals surface area contributed by atoms with Crippen LogP contribution in [0.3, 0.4) is 0 Å². The van der Waals surface area contributed by atoms with Crippen molar-refractivity contribution < 1.29 is 14.1 Å². The highest BCUT2D eigenvalue weighted by molar-refractivity contribution is 7.09. The van der Waals surface area contributed by atoms with Crippen LogP contribution in [0.1, 0.15) is 41.9 Å². The summed E-state index contributed by atoms with van der Waals surface area (Å²) in [7, 11) is 0. The predicted octanol–water partition coefficient (Wildman–Crippen LogP) is 2.66. The molecule has 0 bridgehead atoms. The first kappa shape index (κ1) is 16.1. The third kappa shape index (κ3) is 4.39. The van der Waals surface area contributed by atoms with E-state index >= 15 is 0 Å². The molecule has 1 amide bonds. The van der Waals surface area contributed by atoms with E-state index in [0.717, 1.165) is 19.3 Å². The molecule has 1 fully saturated rings. The van der Waals surface area contributed by atoms with Gasteiger partial charge < -0.3 is 14.6 Å². The molecule has 1 aliphatic rings.